The van der Waals surface area contributed by atoms with E-state index in [0.29, 0.717) is 42.7 Å². The van der Waals surface area contributed by atoms with Gasteiger partial charge in [-0.25, -0.2) is 0 Å². The molecule has 0 N–H and O–H groups in total. The Labute approximate surface area is 179 Å². The minimum atomic E-state index is -0.0706. The summed E-state index contributed by atoms with van der Waals surface area (Å²) in [6.45, 7) is 6.84. The second kappa shape index (κ2) is 7.85. The number of hydrogen-bond donors (Lipinski definition) is 0. The van der Waals surface area contributed by atoms with Crippen molar-refractivity contribution in [3.8, 4) is 11.5 Å². The number of aryl methyl sites for hydroxylation is 1. The predicted octanol–water partition coefficient (Wildman–Crippen LogP) is 4.12. The van der Waals surface area contributed by atoms with Crippen molar-refractivity contribution in [3.63, 3.8) is 0 Å². The normalized spacial score (nSPS) is 16.8. The molecule has 6 nitrogen and oxygen atoms in total. The maximum atomic E-state index is 13.1. The van der Waals surface area contributed by atoms with E-state index in [1.54, 1.807) is 6.07 Å². The first kappa shape index (κ1) is 19.3. The topological polar surface area (TPSA) is 55.2 Å². The molecule has 0 spiro atoms. The van der Waals surface area contributed by atoms with Crippen molar-refractivity contribution in [3.05, 3.63) is 58.3 Å². The maximum Gasteiger partial charge on any atom is 0.289 e. The number of halogens is 1. The summed E-state index contributed by atoms with van der Waals surface area (Å²) in [5.74, 6) is 1.94. The molecule has 3 aromatic rings. The summed E-state index contributed by atoms with van der Waals surface area (Å²) in [6.07, 6.45) is 0. The molecule has 0 unspecified atom stereocenters. The van der Waals surface area contributed by atoms with Gasteiger partial charge in [-0.3, -0.25) is 9.69 Å². The van der Waals surface area contributed by atoms with Crippen LogP contribution in [0.3, 0.4) is 0 Å². The van der Waals surface area contributed by atoms with Gasteiger partial charge in [0.15, 0.2) is 22.8 Å². The van der Waals surface area contributed by atoms with Crippen LogP contribution in [0.5, 0.6) is 11.5 Å². The third-order valence-corrected chi connectivity index (χ3v) is 6.08. The second-order valence-corrected chi connectivity index (χ2v) is 8.13. The van der Waals surface area contributed by atoms with Crippen LogP contribution in [0.1, 0.15) is 21.7 Å². The highest BCUT2D eigenvalue weighted by Crippen LogP contribution is 2.32. The highest BCUT2D eigenvalue weighted by molar-refractivity contribution is 6.35. The minimum absolute atomic E-state index is 0.0706. The summed E-state index contributed by atoms with van der Waals surface area (Å²) in [7, 11) is 0. The zero-order chi connectivity index (χ0) is 20.7. The third-order valence-electron chi connectivity index (χ3n) is 5.78. The van der Waals surface area contributed by atoms with Gasteiger partial charge in [0.25, 0.3) is 5.91 Å². The van der Waals surface area contributed by atoms with Crippen molar-refractivity contribution < 1.29 is 18.7 Å². The summed E-state index contributed by atoms with van der Waals surface area (Å²) >= 11 is 6.23. The number of carbonyl (C=O) groups excluding carboxylic acids is 1. The van der Waals surface area contributed by atoms with Crippen molar-refractivity contribution in [2.45, 2.75) is 13.5 Å². The molecule has 2 aliphatic rings. The van der Waals surface area contributed by atoms with E-state index in [1.807, 2.05) is 36.1 Å². The standard InChI is InChI=1S/C23H23ClN2O4/c1-15-17-3-2-4-18(24)22(17)30-21(15)23(27)26-9-7-25(8-10-26)14-16-5-6-19-20(13-16)29-12-11-28-19/h2-6,13H,7-12,14H2,1H3. The van der Waals surface area contributed by atoms with Crippen molar-refractivity contribution >= 4 is 28.5 Å². The number of para-hydroxylation sites is 1. The molecule has 0 saturated carbocycles. The molecule has 7 heteroatoms. The summed E-state index contributed by atoms with van der Waals surface area (Å²) < 4.78 is 17.1. The van der Waals surface area contributed by atoms with Crippen LogP contribution in [-0.2, 0) is 6.54 Å². The van der Waals surface area contributed by atoms with Crippen LogP contribution < -0.4 is 9.47 Å². The fourth-order valence-electron chi connectivity index (χ4n) is 4.11. The number of fused-ring (bicyclic) bond motifs is 2. The Kier molecular flexibility index (Phi) is 5.05. The first-order valence-corrected chi connectivity index (χ1v) is 10.6. The van der Waals surface area contributed by atoms with Crippen LogP contribution >= 0.6 is 11.6 Å². The van der Waals surface area contributed by atoms with Gasteiger partial charge >= 0.3 is 0 Å². The molecule has 0 atom stereocenters. The number of rotatable bonds is 3. The monoisotopic (exact) mass is 426 g/mol. The molecular formula is C23H23ClN2O4. The molecule has 1 fully saturated rings. The van der Waals surface area contributed by atoms with Crippen LogP contribution in [0, 0.1) is 6.92 Å². The number of carbonyl (C=O) groups is 1. The number of furan rings is 1. The van der Waals surface area contributed by atoms with Crippen LogP contribution in [0.25, 0.3) is 11.0 Å². The van der Waals surface area contributed by atoms with Crippen LogP contribution in [-0.4, -0.2) is 55.1 Å². The van der Waals surface area contributed by atoms with Crippen molar-refractivity contribution in [1.82, 2.24) is 9.80 Å². The van der Waals surface area contributed by atoms with E-state index in [9.17, 15) is 4.79 Å². The van der Waals surface area contributed by atoms with Crippen LogP contribution in [0.2, 0.25) is 5.02 Å². The van der Waals surface area contributed by atoms with Gasteiger partial charge in [-0.05, 0) is 30.7 Å². The molecule has 0 radical (unpaired) electrons. The highest BCUT2D eigenvalue weighted by Gasteiger charge is 2.27. The number of piperazine rings is 1. The number of benzene rings is 2. The lowest BCUT2D eigenvalue weighted by molar-refractivity contribution is 0.0599. The van der Waals surface area contributed by atoms with E-state index >= 15 is 0 Å². The molecule has 3 heterocycles. The summed E-state index contributed by atoms with van der Waals surface area (Å²) in [5, 5.41) is 1.42. The Morgan fingerprint density at radius 1 is 1.03 bits per heavy atom. The fourth-order valence-corrected chi connectivity index (χ4v) is 4.32. The third kappa shape index (κ3) is 3.50. The summed E-state index contributed by atoms with van der Waals surface area (Å²) in [4.78, 5) is 17.3. The van der Waals surface area contributed by atoms with Gasteiger partial charge in [0.1, 0.15) is 13.2 Å². The van der Waals surface area contributed by atoms with E-state index in [1.165, 1.54) is 5.56 Å². The number of amides is 1. The SMILES string of the molecule is Cc1c(C(=O)N2CCN(Cc3ccc4c(c3)OCCO4)CC2)oc2c(Cl)cccc12. The largest absolute Gasteiger partial charge is 0.486 e. The molecular weight excluding hydrogens is 404 g/mol. The minimum Gasteiger partial charge on any atom is -0.486 e. The molecule has 1 amide bonds. The van der Waals surface area contributed by atoms with Gasteiger partial charge in [-0.15, -0.1) is 0 Å². The van der Waals surface area contributed by atoms with E-state index < -0.39 is 0 Å². The molecule has 156 valence electrons. The van der Waals surface area contributed by atoms with Gasteiger partial charge in [0, 0.05) is 43.7 Å². The molecule has 5 rings (SSSR count). The van der Waals surface area contributed by atoms with Crippen molar-refractivity contribution in [2.24, 2.45) is 0 Å². The zero-order valence-corrected chi connectivity index (χ0v) is 17.6. The first-order valence-electron chi connectivity index (χ1n) is 10.2. The molecule has 2 aromatic carbocycles. The van der Waals surface area contributed by atoms with Gasteiger partial charge < -0.3 is 18.8 Å². The van der Waals surface area contributed by atoms with E-state index in [0.717, 1.165) is 42.1 Å². The summed E-state index contributed by atoms with van der Waals surface area (Å²) in [6, 6.07) is 11.7. The molecule has 2 aliphatic heterocycles. The van der Waals surface area contributed by atoms with E-state index in [4.69, 9.17) is 25.5 Å². The predicted molar refractivity (Wildman–Crippen MR) is 115 cm³/mol. The zero-order valence-electron chi connectivity index (χ0n) is 16.8. The molecule has 0 bridgehead atoms. The Balaban J connectivity index is 1.24. The van der Waals surface area contributed by atoms with Crippen molar-refractivity contribution in [1.29, 1.82) is 0 Å². The average molecular weight is 427 g/mol. The smallest absolute Gasteiger partial charge is 0.289 e. The Hall–Kier alpha value is -2.70. The molecule has 0 aliphatic carbocycles. The number of ether oxygens (including phenoxy) is 2. The molecule has 1 saturated heterocycles. The quantitative estimate of drug-likeness (QED) is 0.630. The molecule has 30 heavy (non-hydrogen) atoms. The Bertz CT molecular complexity index is 1100. The Morgan fingerprint density at radius 3 is 2.57 bits per heavy atom. The Morgan fingerprint density at radius 2 is 1.80 bits per heavy atom. The maximum absolute atomic E-state index is 13.1. The number of nitrogens with zero attached hydrogens (tertiary/aromatic N) is 2. The van der Waals surface area contributed by atoms with Crippen LogP contribution in [0.4, 0.5) is 0 Å². The second-order valence-electron chi connectivity index (χ2n) is 7.72. The van der Waals surface area contributed by atoms with Gasteiger partial charge in [-0.1, -0.05) is 29.8 Å². The van der Waals surface area contributed by atoms with E-state index in [2.05, 4.69) is 11.0 Å². The van der Waals surface area contributed by atoms with Gasteiger partial charge in [0.05, 0.1) is 5.02 Å². The van der Waals surface area contributed by atoms with E-state index in [-0.39, 0.29) is 5.91 Å². The molecule has 1 aromatic heterocycles. The highest BCUT2D eigenvalue weighted by atomic mass is 35.5. The average Bonchev–Trinajstić information content (AvgIpc) is 3.12. The fraction of sp³-hybridized carbons (Fsp3) is 0.348. The lowest BCUT2D eigenvalue weighted by atomic mass is 10.1. The van der Waals surface area contributed by atoms with Crippen molar-refractivity contribution in [2.75, 3.05) is 39.4 Å². The lowest BCUT2D eigenvalue weighted by Crippen LogP contribution is -2.48. The summed E-state index contributed by atoms with van der Waals surface area (Å²) in [5.41, 5.74) is 2.61. The van der Waals surface area contributed by atoms with Gasteiger partial charge in [-0.2, -0.15) is 0 Å². The van der Waals surface area contributed by atoms with Gasteiger partial charge in [0.2, 0.25) is 0 Å². The first-order chi connectivity index (χ1) is 14.6. The number of hydrogen-bond acceptors (Lipinski definition) is 5. The lowest BCUT2D eigenvalue weighted by Gasteiger charge is -2.34. The van der Waals surface area contributed by atoms with Crippen LogP contribution in [0.15, 0.2) is 40.8 Å².